The van der Waals surface area contributed by atoms with Gasteiger partial charge in [-0.15, -0.1) is 11.3 Å². The third-order valence-electron chi connectivity index (χ3n) is 11.0. The monoisotopic (exact) mass is 679 g/mol. The molecular weight excluding hydrogens is 651 g/mol. The van der Waals surface area contributed by atoms with E-state index in [4.69, 9.17) is 0 Å². The van der Waals surface area contributed by atoms with Crippen molar-refractivity contribution in [2.75, 3.05) is 0 Å². The summed E-state index contributed by atoms with van der Waals surface area (Å²) in [4.78, 5) is 0. The Morgan fingerprint density at radius 3 is 1.27 bits per heavy atom. The predicted octanol–water partition coefficient (Wildman–Crippen LogP) is 13.3. The molecule has 52 heavy (non-hydrogen) atoms. The lowest BCUT2D eigenvalue weighted by Crippen LogP contribution is -1.99. The molecule has 4 heterocycles. The average Bonchev–Trinajstić information content (AvgIpc) is 3.94. The van der Waals surface area contributed by atoms with E-state index in [1.54, 1.807) is 0 Å². The third-order valence-corrected chi connectivity index (χ3v) is 12.2. The summed E-state index contributed by atoms with van der Waals surface area (Å²) in [6, 6.07) is 64.6. The lowest BCUT2D eigenvalue weighted by Gasteiger charge is -2.15. The zero-order valence-corrected chi connectivity index (χ0v) is 28.8. The number of thiophene rings is 1. The molecule has 0 aliphatic carbocycles. The van der Waals surface area contributed by atoms with E-state index >= 15 is 0 Å². The van der Waals surface area contributed by atoms with E-state index < -0.39 is 0 Å². The van der Waals surface area contributed by atoms with Crippen LogP contribution in [0.5, 0.6) is 0 Å². The molecule has 12 aromatic rings. The van der Waals surface area contributed by atoms with Crippen molar-refractivity contribution in [2.45, 2.75) is 0 Å². The number of hydrogen-bond donors (Lipinski definition) is 0. The van der Waals surface area contributed by atoms with E-state index in [1.165, 1.54) is 103 Å². The molecule has 0 unspecified atom stereocenters. The Balaban J connectivity index is 1.17. The lowest BCUT2D eigenvalue weighted by atomic mass is 10.1. The van der Waals surface area contributed by atoms with Gasteiger partial charge < -0.3 is 13.7 Å². The summed E-state index contributed by atoms with van der Waals surface area (Å²) >= 11 is 1.89. The van der Waals surface area contributed by atoms with Crippen LogP contribution in [0, 0.1) is 0 Å². The van der Waals surface area contributed by atoms with Crippen LogP contribution < -0.4 is 0 Å². The SMILES string of the molecule is c1ccc2c(c1)sc1c(-n3c4ccccc4c4ccccc43)ccc(-n3c4ccccc4c4cc(-n5c6ccccc6c6ccccc65)ccc43)c12. The Morgan fingerprint density at radius 1 is 0.308 bits per heavy atom. The van der Waals surface area contributed by atoms with Crippen LogP contribution in [-0.2, 0) is 0 Å². The van der Waals surface area contributed by atoms with Crippen LogP contribution in [0.25, 0.3) is 103 Å². The Kier molecular flexibility index (Phi) is 5.65. The van der Waals surface area contributed by atoms with Gasteiger partial charge in [0, 0.05) is 53.5 Å². The van der Waals surface area contributed by atoms with E-state index in [0.29, 0.717) is 0 Å². The summed E-state index contributed by atoms with van der Waals surface area (Å²) in [6.45, 7) is 0. The highest BCUT2D eigenvalue weighted by atomic mass is 32.1. The molecule has 0 atom stereocenters. The smallest absolute Gasteiger partial charge is 0.0642 e. The van der Waals surface area contributed by atoms with Crippen molar-refractivity contribution >= 4 is 96.9 Å². The summed E-state index contributed by atoms with van der Waals surface area (Å²) in [7, 11) is 0. The van der Waals surface area contributed by atoms with Crippen molar-refractivity contribution in [1.29, 1.82) is 0 Å². The van der Waals surface area contributed by atoms with Crippen molar-refractivity contribution in [3.05, 3.63) is 176 Å². The molecule has 0 aliphatic heterocycles. The number of benzene rings is 8. The fourth-order valence-corrected chi connectivity index (χ4v) is 10.1. The molecule has 0 radical (unpaired) electrons. The van der Waals surface area contributed by atoms with Gasteiger partial charge in [-0.1, -0.05) is 109 Å². The second kappa shape index (κ2) is 10.5. The first-order valence-electron chi connectivity index (χ1n) is 17.8. The Labute approximate surface area is 302 Å². The Morgan fingerprint density at radius 2 is 0.712 bits per heavy atom. The van der Waals surface area contributed by atoms with E-state index in [-0.39, 0.29) is 0 Å². The minimum atomic E-state index is 1.17. The van der Waals surface area contributed by atoms with Gasteiger partial charge in [0.2, 0.25) is 0 Å². The molecule has 0 fully saturated rings. The first-order valence-corrected chi connectivity index (χ1v) is 18.6. The molecule has 8 aromatic carbocycles. The van der Waals surface area contributed by atoms with Gasteiger partial charge in [0.15, 0.2) is 0 Å². The normalized spacial score (nSPS) is 12.2. The van der Waals surface area contributed by atoms with Gasteiger partial charge in [0.1, 0.15) is 0 Å². The van der Waals surface area contributed by atoms with Gasteiger partial charge in [-0.2, -0.15) is 0 Å². The first-order chi connectivity index (χ1) is 25.8. The molecule has 3 nitrogen and oxygen atoms in total. The summed E-state index contributed by atoms with van der Waals surface area (Å²) < 4.78 is 9.97. The topological polar surface area (TPSA) is 14.8 Å². The fraction of sp³-hybridized carbons (Fsp3) is 0. The molecule has 242 valence electrons. The Hall–Kier alpha value is -6.62. The second-order valence-electron chi connectivity index (χ2n) is 13.7. The third kappa shape index (κ3) is 3.69. The highest BCUT2D eigenvalue weighted by Gasteiger charge is 2.22. The minimum Gasteiger partial charge on any atom is -0.309 e. The first kappa shape index (κ1) is 28.1. The summed E-state index contributed by atoms with van der Waals surface area (Å²) in [5.74, 6) is 0. The van der Waals surface area contributed by atoms with Crippen LogP contribution in [0.4, 0.5) is 0 Å². The van der Waals surface area contributed by atoms with Crippen molar-refractivity contribution < 1.29 is 0 Å². The van der Waals surface area contributed by atoms with Crippen LogP contribution in [0.3, 0.4) is 0 Å². The lowest BCUT2D eigenvalue weighted by molar-refractivity contribution is 1.17. The van der Waals surface area contributed by atoms with Crippen molar-refractivity contribution in [2.24, 2.45) is 0 Å². The molecule has 0 spiro atoms. The van der Waals surface area contributed by atoms with Crippen LogP contribution in [0.15, 0.2) is 176 Å². The zero-order valence-electron chi connectivity index (χ0n) is 28.0. The van der Waals surface area contributed by atoms with Gasteiger partial charge in [-0.25, -0.2) is 0 Å². The van der Waals surface area contributed by atoms with Gasteiger partial charge in [-0.3, -0.25) is 0 Å². The molecule has 0 saturated heterocycles. The molecule has 12 rings (SSSR count). The summed E-state index contributed by atoms with van der Waals surface area (Å²) in [5, 5.41) is 10.2. The maximum absolute atomic E-state index is 2.50. The molecule has 0 bridgehead atoms. The van der Waals surface area contributed by atoms with E-state index in [1.807, 2.05) is 11.3 Å². The standard InChI is InChI=1S/C48H29N3S/c1-7-19-38-31(13-1)32-14-2-8-20-39(32)49(38)30-25-26-43-37(29-30)35-17-5-11-23-42(35)50(43)44-27-28-45(48-47(44)36-18-6-12-24-46(36)52-48)51-40-21-9-3-15-33(40)34-16-4-10-22-41(34)51/h1-29H. The van der Waals surface area contributed by atoms with Crippen LogP contribution in [0.2, 0.25) is 0 Å². The number of hydrogen-bond acceptors (Lipinski definition) is 1. The number of fused-ring (bicyclic) bond motifs is 12. The maximum atomic E-state index is 2.50. The van der Waals surface area contributed by atoms with Gasteiger partial charge >= 0.3 is 0 Å². The van der Waals surface area contributed by atoms with Gasteiger partial charge in [-0.05, 0) is 66.7 Å². The summed E-state index contributed by atoms with van der Waals surface area (Å²) in [5.41, 5.74) is 10.9. The predicted molar refractivity (Wildman–Crippen MR) is 222 cm³/mol. The fourth-order valence-electron chi connectivity index (χ4n) is 8.90. The van der Waals surface area contributed by atoms with Crippen LogP contribution in [0.1, 0.15) is 0 Å². The average molecular weight is 680 g/mol. The van der Waals surface area contributed by atoms with Crippen LogP contribution in [-0.4, -0.2) is 13.7 Å². The molecule has 4 heteroatoms. The highest BCUT2D eigenvalue weighted by Crippen LogP contribution is 2.45. The molecule has 0 amide bonds. The maximum Gasteiger partial charge on any atom is 0.0642 e. The number of rotatable bonds is 3. The quantitative estimate of drug-likeness (QED) is 0.177. The van der Waals surface area contributed by atoms with Gasteiger partial charge in [0.25, 0.3) is 0 Å². The van der Waals surface area contributed by atoms with E-state index in [9.17, 15) is 0 Å². The van der Waals surface area contributed by atoms with Crippen molar-refractivity contribution in [3.8, 4) is 17.1 Å². The number of nitrogens with zero attached hydrogens (tertiary/aromatic N) is 3. The highest BCUT2D eigenvalue weighted by molar-refractivity contribution is 7.26. The molecule has 0 saturated carbocycles. The zero-order chi connectivity index (χ0) is 33.9. The number of aromatic nitrogens is 3. The number of para-hydroxylation sites is 5. The van der Waals surface area contributed by atoms with Gasteiger partial charge in [0.05, 0.1) is 49.2 Å². The van der Waals surface area contributed by atoms with Crippen molar-refractivity contribution in [1.82, 2.24) is 13.7 Å². The van der Waals surface area contributed by atoms with Crippen molar-refractivity contribution in [3.63, 3.8) is 0 Å². The van der Waals surface area contributed by atoms with E-state index in [0.717, 1.165) is 0 Å². The van der Waals surface area contributed by atoms with E-state index in [2.05, 4.69) is 190 Å². The summed E-state index contributed by atoms with van der Waals surface area (Å²) in [6.07, 6.45) is 0. The molecule has 0 N–H and O–H groups in total. The molecule has 4 aromatic heterocycles. The Bertz CT molecular complexity index is 3320. The molecular formula is C48H29N3S. The molecule has 0 aliphatic rings. The minimum absolute atomic E-state index is 1.17. The van der Waals surface area contributed by atoms with Crippen LogP contribution >= 0.6 is 11.3 Å². The second-order valence-corrected chi connectivity index (χ2v) is 14.8. The largest absolute Gasteiger partial charge is 0.309 e.